The van der Waals surface area contributed by atoms with Crippen LogP contribution in [0.2, 0.25) is 0 Å². The number of aliphatic hydroxyl groups excluding tert-OH is 1. The first-order valence-electron chi connectivity index (χ1n) is 11.4. The smallest absolute Gasteiger partial charge is 0.373 e. The number of carbonyl (C=O) groups is 1. The Morgan fingerprint density at radius 1 is 0.821 bits per heavy atom. The van der Waals surface area contributed by atoms with Gasteiger partial charge in [-0.1, -0.05) is 13.8 Å². The Morgan fingerprint density at radius 2 is 1.21 bits per heavy atom. The van der Waals surface area contributed by atoms with Gasteiger partial charge in [-0.2, -0.15) is 52.7 Å². The van der Waals surface area contributed by atoms with Crippen LogP contribution >= 0.6 is 0 Å². The minimum Gasteiger partial charge on any atom is -0.373 e. The van der Waals surface area contributed by atoms with Crippen LogP contribution in [0.4, 0.5) is 57.5 Å². The molecule has 0 spiro atoms. The number of rotatable bonds is 9. The summed E-state index contributed by atoms with van der Waals surface area (Å²) in [5.41, 5.74) is -11.5. The van der Waals surface area contributed by atoms with Crippen LogP contribution in [0.15, 0.2) is 0 Å². The van der Waals surface area contributed by atoms with Crippen molar-refractivity contribution in [3.8, 4) is 0 Å². The van der Waals surface area contributed by atoms with Crippen molar-refractivity contribution >= 4 is 6.03 Å². The van der Waals surface area contributed by atoms with E-state index in [2.05, 4.69) is 0 Å². The van der Waals surface area contributed by atoms with E-state index in [4.69, 9.17) is 4.74 Å². The minimum atomic E-state index is -6.60. The molecule has 1 rings (SSSR count). The van der Waals surface area contributed by atoms with Crippen molar-refractivity contribution in [2.24, 2.45) is 17.8 Å². The van der Waals surface area contributed by atoms with E-state index in [1.807, 2.05) is 5.32 Å². The van der Waals surface area contributed by atoms with Crippen molar-refractivity contribution in [3.05, 3.63) is 0 Å². The average Bonchev–Trinajstić information content (AvgIpc) is 2.76. The predicted molar refractivity (Wildman–Crippen MR) is 107 cm³/mol. The van der Waals surface area contributed by atoms with Gasteiger partial charge >= 0.3 is 30.7 Å². The van der Waals surface area contributed by atoms with Crippen molar-refractivity contribution in [1.82, 2.24) is 10.6 Å². The second-order valence-corrected chi connectivity index (χ2v) is 9.37. The highest BCUT2D eigenvalue weighted by molar-refractivity contribution is 5.74. The van der Waals surface area contributed by atoms with E-state index in [-0.39, 0.29) is 12.5 Å². The highest BCUT2D eigenvalue weighted by atomic mass is 19.4. The molecule has 0 saturated heterocycles. The zero-order valence-corrected chi connectivity index (χ0v) is 20.3. The van der Waals surface area contributed by atoms with Crippen molar-refractivity contribution in [1.29, 1.82) is 0 Å². The lowest BCUT2D eigenvalue weighted by Crippen LogP contribution is -2.68. The van der Waals surface area contributed by atoms with E-state index in [1.54, 1.807) is 19.2 Å². The number of ether oxygens (including phenoxy) is 1. The molecule has 232 valence electrons. The zero-order chi connectivity index (χ0) is 30.8. The van der Waals surface area contributed by atoms with Crippen LogP contribution in [-0.2, 0) is 4.74 Å². The van der Waals surface area contributed by atoms with E-state index < -0.39 is 91.9 Å². The van der Waals surface area contributed by atoms with Gasteiger partial charge in [0, 0.05) is 30.3 Å². The molecule has 0 aromatic carbocycles. The number of hydrogen-bond donors (Lipinski definition) is 5. The molecule has 7 nitrogen and oxygen atoms in total. The van der Waals surface area contributed by atoms with E-state index >= 15 is 0 Å². The van der Waals surface area contributed by atoms with Crippen LogP contribution in [0.25, 0.3) is 0 Å². The average molecular weight is 604 g/mol. The molecule has 4 unspecified atom stereocenters. The van der Waals surface area contributed by atoms with Crippen LogP contribution in [0.5, 0.6) is 0 Å². The Bertz CT molecular complexity index is 741. The first kappa shape index (κ1) is 35.3. The number of urea groups is 1. The largest absolute Gasteiger partial charge is 0.426 e. The van der Waals surface area contributed by atoms with Gasteiger partial charge in [0.2, 0.25) is 0 Å². The van der Waals surface area contributed by atoms with E-state index in [0.717, 1.165) is 0 Å². The predicted octanol–water partition coefficient (Wildman–Crippen LogP) is 4.16. The molecule has 1 aliphatic rings. The number of alkyl halides is 12. The maximum absolute atomic E-state index is 13.4. The first-order chi connectivity index (χ1) is 17.3. The third-order valence-corrected chi connectivity index (χ3v) is 6.76. The molecule has 0 bridgehead atoms. The van der Waals surface area contributed by atoms with E-state index in [0.29, 0.717) is 6.42 Å². The highest BCUT2D eigenvalue weighted by Gasteiger charge is 2.78. The Morgan fingerprint density at radius 3 is 1.54 bits per heavy atom. The van der Waals surface area contributed by atoms with Gasteiger partial charge in [-0.3, -0.25) is 0 Å². The van der Waals surface area contributed by atoms with Crippen LogP contribution in [0.1, 0.15) is 39.5 Å². The molecule has 1 fully saturated rings. The van der Waals surface area contributed by atoms with Gasteiger partial charge in [-0.25, -0.2) is 4.79 Å². The molecule has 2 amide bonds. The molecule has 1 aliphatic carbocycles. The summed E-state index contributed by atoms with van der Waals surface area (Å²) in [5, 5.41) is 32.7. The topological polar surface area (TPSA) is 111 Å². The SMILES string of the molecule is CCC(C)C(O)OCCNC(=O)NC1CC(C(O)(C(F)(F)F)C(F)(F)F)CC(C(O)(C(F)(F)F)C(F)(F)F)C1. The van der Waals surface area contributed by atoms with Crippen LogP contribution in [0, 0.1) is 17.8 Å². The maximum Gasteiger partial charge on any atom is 0.426 e. The lowest BCUT2D eigenvalue weighted by molar-refractivity contribution is -0.403. The molecule has 0 aromatic heterocycles. The molecular weight excluding hydrogens is 576 g/mol. The summed E-state index contributed by atoms with van der Waals surface area (Å²) in [6.45, 7) is 2.50. The second kappa shape index (κ2) is 12.0. The standard InChI is InChI=1S/C20H28F12N2O5/c1-3-9(2)13(35)39-5-4-33-14(36)34-12-7-10(15(37,17(21,22)23)18(24,25)26)6-11(8-12)16(38,19(27,28)29)20(30,31)32/h9-13,35,37-38H,3-8H2,1-2H3,(H2,33,34,36). The van der Waals surface area contributed by atoms with Crippen molar-refractivity contribution in [2.75, 3.05) is 13.2 Å². The summed E-state index contributed by atoms with van der Waals surface area (Å²) >= 11 is 0. The summed E-state index contributed by atoms with van der Waals surface area (Å²) < 4.78 is 166. The fraction of sp³-hybridized carbons (Fsp3) is 0.950. The summed E-state index contributed by atoms with van der Waals surface area (Å²) in [6.07, 6.45) is -32.5. The van der Waals surface area contributed by atoms with Crippen LogP contribution in [0.3, 0.4) is 0 Å². The van der Waals surface area contributed by atoms with Crippen molar-refractivity contribution in [2.45, 2.75) is 87.8 Å². The van der Waals surface area contributed by atoms with Gasteiger partial charge in [0.15, 0.2) is 6.29 Å². The molecule has 0 aromatic rings. The molecule has 39 heavy (non-hydrogen) atoms. The summed E-state index contributed by atoms with van der Waals surface area (Å²) in [7, 11) is 0. The molecule has 1 saturated carbocycles. The lowest BCUT2D eigenvalue weighted by Gasteiger charge is -2.48. The molecule has 0 heterocycles. The maximum atomic E-state index is 13.4. The fourth-order valence-electron chi connectivity index (χ4n) is 4.31. The number of hydrogen-bond acceptors (Lipinski definition) is 5. The zero-order valence-electron chi connectivity index (χ0n) is 20.3. The quantitative estimate of drug-likeness (QED) is 0.154. The number of aliphatic hydroxyl groups is 3. The van der Waals surface area contributed by atoms with Crippen LogP contribution in [-0.4, -0.2) is 82.7 Å². The Labute approximate surface area is 213 Å². The minimum absolute atomic E-state index is 0.336. The number of halogens is 12. The van der Waals surface area contributed by atoms with Gasteiger partial charge in [0.05, 0.1) is 6.61 Å². The van der Waals surface area contributed by atoms with Gasteiger partial charge in [0.25, 0.3) is 11.2 Å². The molecule has 19 heteroatoms. The van der Waals surface area contributed by atoms with Gasteiger partial charge in [0.1, 0.15) is 0 Å². The monoisotopic (exact) mass is 604 g/mol. The number of amides is 2. The van der Waals surface area contributed by atoms with E-state index in [1.165, 1.54) is 0 Å². The number of carbonyl (C=O) groups excluding carboxylic acids is 1. The van der Waals surface area contributed by atoms with Crippen molar-refractivity contribution < 1.29 is 77.5 Å². The summed E-state index contributed by atoms with van der Waals surface area (Å²) in [5.74, 6) is -7.10. The molecule has 0 aliphatic heterocycles. The highest BCUT2D eigenvalue weighted by Crippen LogP contribution is 2.57. The molecular formula is C20H28F12N2O5. The fourth-order valence-corrected chi connectivity index (χ4v) is 4.31. The summed E-state index contributed by atoms with van der Waals surface area (Å²) in [4.78, 5) is 12.1. The van der Waals surface area contributed by atoms with Gasteiger partial charge in [-0.05, 0) is 25.7 Å². The van der Waals surface area contributed by atoms with E-state index in [9.17, 15) is 72.8 Å². The van der Waals surface area contributed by atoms with Gasteiger partial charge < -0.3 is 30.7 Å². The molecule has 5 N–H and O–H groups in total. The second-order valence-electron chi connectivity index (χ2n) is 9.37. The Balaban J connectivity index is 3.30. The Hall–Kier alpha value is -1.73. The number of nitrogens with one attached hydrogen (secondary N) is 2. The van der Waals surface area contributed by atoms with Crippen LogP contribution < -0.4 is 10.6 Å². The third-order valence-electron chi connectivity index (χ3n) is 6.76. The third kappa shape index (κ3) is 7.52. The first-order valence-corrected chi connectivity index (χ1v) is 11.4. The normalized spacial score (nSPS) is 23.8. The lowest BCUT2D eigenvalue weighted by atomic mass is 9.65. The molecule has 4 atom stereocenters. The van der Waals surface area contributed by atoms with Crippen molar-refractivity contribution in [3.63, 3.8) is 0 Å². The molecule has 0 radical (unpaired) electrons. The summed E-state index contributed by atoms with van der Waals surface area (Å²) in [6, 6.07) is -3.64. The Kier molecular flexibility index (Phi) is 10.9. The van der Waals surface area contributed by atoms with Gasteiger partial charge in [-0.15, -0.1) is 0 Å².